The van der Waals surface area contributed by atoms with Crippen LogP contribution in [-0.2, 0) is 0 Å². The Morgan fingerprint density at radius 1 is 0.951 bits per heavy atom. The van der Waals surface area contributed by atoms with E-state index in [-0.39, 0.29) is 23.3 Å². The molecule has 1 N–H and O–H groups in total. The first-order chi connectivity index (χ1) is 19.7. The van der Waals surface area contributed by atoms with Gasteiger partial charge in [0.1, 0.15) is 18.1 Å². The molecule has 11 heteroatoms. The van der Waals surface area contributed by atoms with Gasteiger partial charge in [0.05, 0.1) is 11.4 Å². The van der Waals surface area contributed by atoms with Crippen LogP contribution in [0.1, 0.15) is 11.1 Å². The van der Waals surface area contributed by atoms with E-state index in [1.54, 1.807) is 12.1 Å². The highest BCUT2D eigenvalue weighted by atomic mass is 19.3. The van der Waals surface area contributed by atoms with Crippen LogP contribution < -0.4 is 24.4 Å². The van der Waals surface area contributed by atoms with Gasteiger partial charge in [-0.15, -0.1) is 0 Å². The SMILES string of the molecule is Cc1cccc(C)c1N(C(=O)Oc1ccnc(Nc2ccc(OCCN(C)C)cc2)n1)c1ccccc1OC(F)F. The number of benzene rings is 3. The van der Waals surface area contributed by atoms with Gasteiger partial charge in [0.25, 0.3) is 0 Å². The Bertz CT molecular complexity index is 1450. The normalized spacial score (nSPS) is 10.9. The Balaban J connectivity index is 1.56. The summed E-state index contributed by atoms with van der Waals surface area (Å²) in [4.78, 5) is 25.4. The van der Waals surface area contributed by atoms with Gasteiger partial charge in [0.2, 0.25) is 11.8 Å². The molecule has 0 atom stereocenters. The lowest BCUT2D eigenvalue weighted by molar-refractivity contribution is -0.0494. The van der Waals surface area contributed by atoms with Crippen LogP contribution in [0.4, 0.5) is 36.6 Å². The first-order valence-corrected chi connectivity index (χ1v) is 12.8. The largest absolute Gasteiger partial charge is 0.492 e. The van der Waals surface area contributed by atoms with Crippen molar-refractivity contribution in [1.82, 2.24) is 14.9 Å². The number of hydrogen-bond donors (Lipinski definition) is 1. The van der Waals surface area contributed by atoms with Crippen LogP contribution in [0.15, 0.2) is 79.0 Å². The zero-order valence-corrected chi connectivity index (χ0v) is 23.2. The third-order valence-corrected chi connectivity index (χ3v) is 5.91. The predicted molar refractivity (Wildman–Crippen MR) is 153 cm³/mol. The molecular weight excluding hydrogens is 532 g/mol. The summed E-state index contributed by atoms with van der Waals surface area (Å²) in [6.07, 6.45) is 0.574. The summed E-state index contributed by atoms with van der Waals surface area (Å²) in [5, 5.41) is 3.07. The van der Waals surface area contributed by atoms with E-state index < -0.39 is 12.7 Å². The molecule has 214 valence electrons. The summed E-state index contributed by atoms with van der Waals surface area (Å²) in [6.45, 7) is 1.90. The van der Waals surface area contributed by atoms with Gasteiger partial charge in [-0.25, -0.2) is 14.7 Å². The van der Waals surface area contributed by atoms with Gasteiger partial charge in [-0.1, -0.05) is 30.3 Å². The Hall–Kier alpha value is -4.77. The van der Waals surface area contributed by atoms with Crippen molar-refractivity contribution in [3.05, 3.63) is 90.1 Å². The van der Waals surface area contributed by atoms with Gasteiger partial charge >= 0.3 is 12.7 Å². The van der Waals surface area contributed by atoms with E-state index >= 15 is 0 Å². The minimum absolute atomic E-state index is 0.0420. The van der Waals surface area contributed by atoms with Crippen molar-refractivity contribution in [3.8, 4) is 17.4 Å². The van der Waals surface area contributed by atoms with Crippen molar-refractivity contribution in [1.29, 1.82) is 0 Å². The monoisotopic (exact) mass is 563 g/mol. The van der Waals surface area contributed by atoms with E-state index in [0.29, 0.717) is 18.0 Å². The van der Waals surface area contributed by atoms with Crippen molar-refractivity contribution < 1.29 is 27.8 Å². The van der Waals surface area contributed by atoms with Crippen LogP contribution >= 0.6 is 0 Å². The molecule has 0 aliphatic carbocycles. The molecule has 9 nitrogen and oxygen atoms in total. The fraction of sp³-hybridized carbons (Fsp3) is 0.233. The van der Waals surface area contributed by atoms with Gasteiger partial charge in [0, 0.05) is 24.5 Å². The summed E-state index contributed by atoms with van der Waals surface area (Å²) in [5.74, 6) is 0.696. The highest BCUT2D eigenvalue weighted by molar-refractivity contribution is 6.00. The number of amides is 1. The van der Waals surface area contributed by atoms with Crippen molar-refractivity contribution >= 4 is 29.1 Å². The summed E-state index contributed by atoms with van der Waals surface area (Å²) < 4.78 is 42.5. The molecule has 0 saturated carbocycles. The molecule has 1 heterocycles. The van der Waals surface area contributed by atoms with Crippen molar-refractivity contribution in [2.45, 2.75) is 20.5 Å². The Morgan fingerprint density at radius 3 is 2.34 bits per heavy atom. The summed E-state index contributed by atoms with van der Waals surface area (Å²) in [7, 11) is 3.95. The lowest BCUT2D eigenvalue weighted by Gasteiger charge is -2.27. The molecule has 0 radical (unpaired) electrons. The molecule has 0 aliphatic heterocycles. The minimum atomic E-state index is -3.08. The highest BCUT2D eigenvalue weighted by Gasteiger charge is 2.27. The zero-order chi connectivity index (χ0) is 29.4. The molecule has 0 spiro atoms. The topological polar surface area (TPSA) is 89.1 Å². The third kappa shape index (κ3) is 7.89. The number of aryl methyl sites for hydroxylation is 2. The number of halogens is 2. The maximum atomic E-state index is 13.7. The molecule has 1 amide bonds. The van der Waals surface area contributed by atoms with Crippen LogP contribution in [0.5, 0.6) is 17.4 Å². The molecular formula is C30H31F2N5O4. The van der Waals surface area contributed by atoms with Crippen molar-refractivity contribution in [2.75, 3.05) is 37.5 Å². The van der Waals surface area contributed by atoms with Gasteiger partial charge in [-0.2, -0.15) is 13.8 Å². The Kier molecular flexibility index (Phi) is 9.64. The molecule has 4 aromatic rings. The van der Waals surface area contributed by atoms with Crippen LogP contribution in [-0.4, -0.2) is 54.8 Å². The number of rotatable bonds is 11. The highest BCUT2D eigenvalue weighted by Crippen LogP contribution is 2.38. The third-order valence-electron chi connectivity index (χ3n) is 5.91. The summed E-state index contributed by atoms with van der Waals surface area (Å²) in [5.41, 5.74) is 2.73. The maximum Gasteiger partial charge on any atom is 0.425 e. The zero-order valence-electron chi connectivity index (χ0n) is 23.2. The number of carbonyl (C=O) groups is 1. The average Bonchev–Trinajstić information content (AvgIpc) is 2.92. The lowest BCUT2D eigenvalue weighted by Crippen LogP contribution is -2.31. The number of nitrogens with zero attached hydrogens (tertiary/aromatic N) is 4. The van der Waals surface area contributed by atoms with E-state index in [1.807, 2.05) is 75.3 Å². The number of para-hydroxylation sites is 3. The standard InChI is InChI=1S/C30H31F2N5O4/c1-20-8-7-9-21(2)27(20)37(24-10-5-6-11-25(24)40-28(31)32)30(38)41-26-16-17-33-29(35-26)34-22-12-14-23(15-13-22)39-19-18-36(3)4/h5-17,28H,18-19H2,1-4H3,(H,33,34,35). The average molecular weight is 564 g/mol. The molecule has 0 bridgehead atoms. The van der Waals surface area contributed by atoms with Crippen molar-refractivity contribution in [2.24, 2.45) is 0 Å². The molecule has 0 saturated heterocycles. The second-order valence-electron chi connectivity index (χ2n) is 9.31. The molecule has 41 heavy (non-hydrogen) atoms. The van der Waals surface area contributed by atoms with Gasteiger partial charge in [0.15, 0.2) is 0 Å². The second-order valence-corrected chi connectivity index (χ2v) is 9.31. The van der Waals surface area contributed by atoms with E-state index in [9.17, 15) is 13.6 Å². The first-order valence-electron chi connectivity index (χ1n) is 12.8. The van der Waals surface area contributed by atoms with Crippen LogP contribution in [0.3, 0.4) is 0 Å². The Morgan fingerprint density at radius 2 is 1.66 bits per heavy atom. The summed E-state index contributed by atoms with van der Waals surface area (Å²) >= 11 is 0. The van der Waals surface area contributed by atoms with Crippen LogP contribution in [0.2, 0.25) is 0 Å². The second kappa shape index (κ2) is 13.5. The van der Waals surface area contributed by atoms with Crippen molar-refractivity contribution in [3.63, 3.8) is 0 Å². The van der Waals surface area contributed by atoms with Gasteiger partial charge in [-0.05, 0) is 75.5 Å². The van der Waals surface area contributed by atoms with E-state index in [4.69, 9.17) is 14.2 Å². The van der Waals surface area contributed by atoms with Crippen LogP contribution in [0, 0.1) is 13.8 Å². The lowest BCUT2D eigenvalue weighted by atomic mass is 10.1. The van der Waals surface area contributed by atoms with Gasteiger partial charge < -0.3 is 24.4 Å². The van der Waals surface area contributed by atoms with E-state index in [2.05, 4.69) is 15.3 Å². The van der Waals surface area contributed by atoms with Gasteiger partial charge in [-0.3, -0.25) is 0 Å². The fourth-order valence-corrected chi connectivity index (χ4v) is 4.01. The number of alkyl halides is 2. The minimum Gasteiger partial charge on any atom is -0.492 e. The molecule has 4 rings (SSSR count). The number of nitrogens with one attached hydrogen (secondary N) is 1. The number of ether oxygens (including phenoxy) is 3. The van der Waals surface area contributed by atoms with Crippen LogP contribution in [0.25, 0.3) is 0 Å². The first kappa shape index (κ1) is 29.2. The molecule has 1 aromatic heterocycles. The number of hydrogen-bond acceptors (Lipinski definition) is 8. The Labute approximate surface area is 237 Å². The predicted octanol–water partition coefficient (Wildman–Crippen LogP) is 6.72. The maximum absolute atomic E-state index is 13.7. The smallest absolute Gasteiger partial charge is 0.425 e. The number of likely N-dealkylation sites (N-methyl/N-ethyl adjacent to an activating group) is 1. The fourth-order valence-electron chi connectivity index (χ4n) is 4.01. The molecule has 0 fully saturated rings. The molecule has 0 aliphatic rings. The number of aromatic nitrogens is 2. The molecule has 3 aromatic carbocycles. The summed E-state index contributed by atoms with van der Waals surface area (Å²) in [6, 6.07) is 20.2. The number of anilines is 4. The van der Waals surface area contributed by atoms with E-state index in [0.717, 1.165) is 23.4 Å². The number of carbonyl (C=O) groups excluding carboxylic acids is 1. The molecule has 0 unspecified atom stereocenters. The quantitative estimate of drug-likeness (QED) is 0.215. The van der Waals surface area contributed by atoms with E-state index in [1.165, 1.54) is 29.3 Å².